The second kappa shape index (κ2) is 7.36. The van der Waals surface area contributed by atoms with Crippen LogP contribution >= 0.6 is 24.0 Å². The summed E-state index contributed by atoms with van der Waals surface area (Å²) in [6.45, 7) is 6.70. The monoisotopic (exact) mass is 351 g/mol. The molecule has 1 heterocycles. The van der Waals surface area contributed by atoms with Crippen LogP contribution in [-0.2, 0) is 4.79 Å². The number of carbonyl (C=O) groups is 1. The summed E-state index contributed by atoms with van der Waals surface area (Å²) in [4.78, 5) is 14.8. The quantitative estimate of drug-likeness (QED) is 0.595. The minimum atomic E-state index is -0.0378. The van der Waals surface area contributed by atoms with E-state index in [9.17, 15) is 4.79 Å². The highest BCUT2D eigenvalue weighted by Gasteiger charge is 2.32. The van der Waals surface area contributed by atoms with Gasteiger partial charge in [0.1, 0.15) is 15.8 Å². The van der Waals surface area contributed by atoms with Crippen LogP contribution in [0.2, 0.25) is 0 Å². The molecule has 0 atom stereocenters. The average Bonchev–Trinajstić information content (AvgIpc) is 2.75. The van der Waals surface area contributed by atoms with Gasteiger partial charge in [-0.05, 0) is 31.1 Å². The molecule has 1 fully saturated rings. The van der Waals surface area contributed by atoms with Crippen LogP contribution in [-0.4, -0.2) is 35.9 Å². The normalized spacial score (nSPS) is 16.6. The summed E-state index contributed by atoms with van der Waals surface area (Å²) in [5.74, 6) is 1.80. The summed E-state index contributed by atoms with van der Waals surface area (Å²) in [7, 11) is 3.24. The van der Waals surface area contributed by atoms with Crippen molar-refractivity contribution in [1.29, 1.82) is 0 Å². The van der Waals surface area contributed by atoms with E-state index in [1.807, 2.05) is 25.1 Å². The molecular weight excluding hydrogens is 330 g/mol. The molecule has 124 valence electrons. The molecule has 0 N–H and O–H groups in total. The van der Waals surface area contributed by atoms with Crippen molar-refractivity contribution < 1.29 is 14.3 Å². The summed E-state index contributed by atoms with van der Waals surface area (Å²) in [5.41, 5.74) is 1.75. The van der Waals surface area contributed by atoms with Gasteiger partial charge < -0.3 is 9.47 Å². The predicted molar refractivity (Wildman–Crippen MR) is 99.0 cm³/mol. The van der Waals surface area contributed by atoms with E-state index >= 15 is 0 Å². The van der Waals surface area contributed by atoms with Gasteiger partial charge in [0.05, 0.1) is 19.1 Å². The van der Waals surface area contributed by atoms with Gasteiger partial charge in [-0.25, -0.2) is 0 Å². The zero-order valence-corrected chi connectivity index (χ0v) is 15.6. The number of ether oxygens (including phenoxy) is 2. The van der Waals surface area contributed by atoms with E-state index < -0.39 is 0 Å². The lowest BCUT2D eigenvalue weighted by atomic mass is 10.1. The fourth-order valence-corrected chi connectivity index (χ4v) is 3.73. The van der Waals surface area contributed by atoms with E-state index in [1.54, 1.807) is 19.1 Å². The molecule has 0 saturated carbocycles. The van der Waals surface area contributed by atoms with Gasteiger partial charge in [-0.15, -0.1) is 0 Å². The van der Waals surface area contributed by atoms with E-state index in [0.717, 1.165) is 16.9 Å². The molecule has 1 aromatic rings. The van der Waals surface area contributed by atoms with Crippen molar-refractivity contribution in [2.24, 2.45) is 5.92 Å². The maximum absolute atomic E-state index is 12.5. The molecule has 0 spiro atoms. The first-order valence-electron chi connectivity index (χ1n) is 7.36. The molecule has 1 amide bonds. The van der Waals surface area contributed by atoms with Crippen molar-refractivity contribution >= 4 is 40.3 Å². The van der Waals surface area contributed by atoms with Crippen LogP contribution in [0.4, 0.5) is 0 Å². The van der Waals surface area contributed by atoms with Crippen molar-refractivity contribution in [3.05, 3.63) is 28.2 Å². The number of rotatable bonds is 5. The van der Waals surface area contributed by atoms with E-state index in [-0.39, 0.29) is 5.91 Å². The van der Waals surface area contributed by atoms with Gasteiger partial charge >= 0.3 is 0 Å². The van der Waals surface area contributed by atoms with Gasteiger partial charge in [-0.1, -0.05) is 37.8 Å². The number of thiocarbonyl (C=S) groups is 1. The summed E-state index contributed by atoms with van der Waals surface area (Å²) in [6, 6.07) is 3.76. The van der Waals surface area contributed by atoms with Crippen molar-refractivity contribution in [1.82, 2.24) is 4.90 Å². The second-order valence-electron chi connectivity index (χ2n) is 5.70. The van der Waals surface area contributed by atoms with Crippen LogP contribution in [0.3, 0.4) is 0 Å². The fraction of sp³-hybridized carbons (Fsp3) is 0.412. The Morgan fingerprint density at radius 2 is 2.00 bits per heavy atom. The topological polar surface area (TPSA) is 38.8 Å². The Hall–Kier alpha value is -1.53. The van der Waals surface area contributed by atoms with Crippen molar-refractivity contribution in [2.75, 3.05) is 20.8 Å². The average molecular weight is 351 g/mol. The molecule has 2 rings (SSSR count). The summed E-state index contributed by atoms with van der Waals surface area (Å²) >= 11 is 6.67. The maximum atomic E-state index is 12.5. The summed E-state index contributed by atoms with van der Waals surface area (Å²) in [6.07, 6.45) is 1.84. The molecule has 0 bridgehead atoms. The highest BCUT2D eigenvalue weighted by Crippen LogP contribution is 2.37. The molecule has 0 radical (unpaired) electrons. The van der Waals surface area contributed by atoms with Gasteiger partial charge in [0.15, 0.2) is 0 Å². The number of hydrogen-bond acceptors (Lipinski definition) is 5. The second-order valence-corrected chi connectivity index (χ2v) is 7.38. The van der Waals surface area contributed by atoms with Crippen LogP contribution in [0.5, 0.6) is 11.5 Å². The summed E-state index contributed by atoms with van der Waals surface area (Å²) < 4.78 is 11.4. The molecule has 1 aliphatic heterocycles. The predicted octanol–water partition coefficient (Wildman–Crippen LogP) is 3.87. The third-order valence-corrected chi connectivity index (χ3v) is 4.90. The smallest absolute Gasteiger partial charge is 0.266 e. The van der Waals surface area contributed by atoms with Gasteiger partial charge in [-0.3, -0.25) is 9.69 Å². The number of thioether (sulfide) groups is 1. The van der Waals surface area contributed by atoms with Crippen molar-refractivity contribution in [3.63, 3.8) is 0 Å². The minimum Gasteiger partial charge on any atom is -0.496 e. The van der Waals surface area contributed by atoms with E-state index in [4.69, 9.17) is 21.7 Å². The highest BCUT2D eigenvalue weighted by molar-refractivity contribution is 8.26. The Bertz CT molecular complexity index is 668. The standard InChI is InChI=1S/C17H21NO3S2/c1-10(2)9-18-16(19)14(23-17(18)22)8-12-6-7-13(20-4)11(3)15(12)21-5/h6-8,10H,9H2,1-5H3/b14-8-. The zero-order chi connectivity index (χ0) is 17.1. The number of amides is 1. The number of carbonyl (C=O) groups excluding carboxylic acids is 1. The number of nitrogens with zero attached hydrogens (tertiary/aromatic N) is 1. The molecule has 0 aliphatic carbocycles. The Morgan fingerprint density at radius 3 is 2.57 bits per heavy atom. The first kappa shape index (κ1) is 17.8. The van der Waals surface area contributed by atoms with Gasteiger partial charge in [0.2, 0.25) is 0 Å². The van der Waals surface area contributed by atoms with Gasteiger partial charge in [-0.2, -0.15) is 0 Å². The van der Waals surface area contributed by atoms with Crippen LogP contribution < -0.4 is 9.47 Å². The number of benzene rings is 1. The minimum absolute atomic E-state index is 0.0378. The third-order valence-electron chi connectivity index (χ3n) is 3.52. The van der Waals surface area contributed by atoms with Crippen molar-refractivity contribution in [3.8, 4) is 11.5 Å². The Kier molecular flexibility index (Phi) is 5.70. The lowest BCUT2D eigenvalue weighted by Crippen LogP contribution is -2.31. The zero-order valence-electron chi connectivity index (χ0n) is 14.0. The molecule has 23 heavy (non-hydrogen) atoms. The molecule has 6 heteroatoms. The summed E-state index contributed by atoms with van der Waals surface area (Å²) in [5, 5.41) is 0. The Morgan fingerprint density at radius 1 is 1.30 bits per heavy atom. The Labute approximate surface area is 146 Å². The SMILES string of the molecule is COc1ccc(/C=C2\SC(=S)N(CC(C)C)C2=O)c(OC)c1C. The molecule has 0 unspecified atom stereocenters. The molecule has 1 aliphatic rings. The number of hydrogen-bond donors (Lipinski definition) is 0. The molecular formula is C17H21NO3S2. The first-order chi connectivity index (χ1) is 10.9. The van der Waals surface area contributed by atoms with Crippen molar-refractivity contribution in [2.45, 2.75) is 20.8 Å². The fourth-order valence-electron chi connectivity index (χ4n) is 2.46. The van der Waals surface area contributed by atoms with E-state index in [0.29, 0.717) is 27.4 Å². The molecule has 0 aromatic heterocycles. The molecule has 1 saturated heterocycles. The van der Waals surface area contributed by atoms with E-state index in [1.165, 1.54) is 11.8 Å². The molecule has 1 aromatic carbocycles. The lowest BCUT2D eigenvalue weighted by molar-refractivity contribution is -0.122. The molecule has 4 nitrogen and oxygen atoms in total. The van der Waals surface area contributed by atoms with E-state index in [2.05, 4.69) is 13.8 Å². The third kappa shape index (κ3) is 3.70. The van der Waals surface area contributed by atoms with Gasteiger partial charge in [0, 0.05) is 17.7 Å². The van der Waals surface area contributed by atoms with Gasteiger partial charge in [0.25, 0.3) is 5.91 Å². The Balaban J connectivity index is 2.38. The van der Waals surface area contributed by atoms with Crippen LogP contribution in [0.25, 0.3) is 6.08 Å². The number of methoxy groups -OCH3 is 2. The van der Waals surface area contributed by atoms with Crippen LogP contribution in [0.1, 0.15) is 25.0 Å². The largest absolute Gasteiger partial charge is 0.496 e. The maximum Gasteiger partial charge on any atom is 0.266 e. The lowest BCUT2D eigenvalue weighted by Gasteiger charge is -2.16. The van der Waals surface area contributed by atoms with Crippen LogP contribution in [0.15, 0.2) is 17.0 Å². The van der Waals surface area contributed by atoms with Crippen LogP contribution in [0, 0.1) is 12.8 Å². The first-order valence-corrected chi connectivity index (χ1v) is 8.58. The highest BCUT2D eigenvalue weighted by atomic mass is 32.2.